The third-order valence-corrected chi connectivity index (χ3v) is 6.01. The molecular formula is C25H17ClN4O5. The minimum atomic E-state index is -1.11. The molecule has 1 aliphatic rings. The topological polar surface area (TPSA) is 125 Å². The number of rotatable bonds is 6. The van der Waals surface area contributed by atoms with E-state index < -0.39 is 28.7 Å². The van der Waals surface area contributed by atoms with E-state index >= 15 is 0 Å². The Balaban J connectivity index is 1.70. The van der Waals surface area contributed by atoms with Crippen LogP contribution in [0, 0.1) is 21.4 Å². The number of nitro benzene ring substituents is 1. The number of amides is 3. The average molecular weight is 489 g/mol. The molecule has 9 nitrogen and oxygen atoms in total. The Bertz CT molecular complexity index is 1370. The second-order valence-corrected chi connectivity index (χ2v) is 8.18. The minimum Gasteiger partial charge on any atom is -0.322 e. The van der Waals surface area contributed by atoms with Crippen LogP contribution in [0.4, 0.5) is 11.4 Å². The maximum absolute atomic E-state index is 13.5. The summed E-state index contributed by atoms with van der Waals surface area (Å²) in [7, 11) is 0. The first kappa shape index (κ1) is 23.6. The molecule has 1 atom stereocenters. The van der Waals surface area contributed by atoms with Gasteiger partial charge in [0, 0.05) is 29.3 Å². The molecule has 0 radical (unpaired) electrons. The summed E-state index contributed by atoms with van der Waals surface area (Å²) in [5.41, 5.74) is 1.18. The molecule has 174 valence electrons. The van der Waals surface area contributed by atoms with Gasteiger partial charge in [0.25, 0.3) is 17.5 Å². The van der Waals surface area contributed by atoms with Gasteiger partial charge in [0.15, 0.2) is 0 Å². The number of carbonyl (C=O) groups excluding carboxylic acids is 3. The van der Waals surface area contributed by atoms with Crippen LogP contribution in [0.15, 0.2) is 72.8 Å². The summed E-state index contributed by atoms with van der Waals surface area (Å²) in [4.78, 5) is 52.4. The fourth-order valence-electron chi connectivity index (χ4n) is 3.84. The van der Waals surface area contributed by atoms with Crippen molar-refractivity contribution in [3.8, 4) is 6.07 Å². The van der Waals surface area contributed by atoms with Crippen LogP contribution in [0.25, 0.3) is 0 Å². The molecule has 0 aromatic heterocycles. The number of halogens is 1. The van der Waals surface area contributed by atoms with Crippen molar-refractivity contribution in [3.63, 3.8) is 0 Å². The van der Waals surface area contributed by atoms with E-state index in [4.69, 9.17) is 16.9 Å². The number of imide groups is 1. The first-order chi connectivity index (χ1) is 16.8. The molecular weight excluding hydrogens is 472 g/mol. The first-order valence-electron chi connectivity index (χ1n) is 10.5. The first-order valence-corrected chi connectivity index (χ1v) is 10.8. The Morgan fingerprint density at radius 2 is 1.74 bits per heavy atom. The predicted molar refractivity (Wildman–Crippen MR) is 126 cm³/mol. The largest absolute Gasteiger partial charge is 0.322 e. The second-order valence-electron chi connectivity index (χ2n) is 7.77. The van der Waals surface area contributed by atoms with Gasteiger partial charge in [-0.1, -0.05) is 29.8 Å². The summed E-state index contributed by atoms with van der Waals surface area (Å²) >= 11 is 6.30. The van der Waals surface area contributed by atoms with Crippen molar-refractivity contribution in [2.45, 2.75) is 19.0 Å². The van der Waals surface area contributed by atoms with Gasteiger partial charge in [-0.3, -0.25) is 24.5 Å². The molecule has 1 saturated heterocycles. The Labute approximate surface area is 204 Å². The number of non-ortho nitro benzene ring substituents is 1. The highest BCUT2D eigenvalue weighted by Gasteiger charge is 2.44. The molecule has 0 spiro atoms. The average Bonchev–Trinajstić information content (AvgIpc) is 3.16. The van der Waals surface area contributed by atoms with E-state index in [-0.39, 0.29) is 24.2 Å². The molecule has 0 bridgehead atoms. The number of nitro groups is 1. The number of hydrogen-bond acceptors (Lipinski definition) is 6. The third-order valence-electron chi connectivity index (χ3n) is 5.64. The van der Waals surface area contributed by atoms with Gasteiger partial charge in [0.1, 0.15) is 6.04 Å². The molecule has 0 N–H and O–H groups in total. The fraction of sp³-hybridized carbons (Fsp3) is 0.120. The lowest BCUT2D eigenvalue weighted by Gasteiger charge is -2.28. The number of nitriles is 1. The molecule has 3 aromatic rings. The second kappa shape index (κ2) is 9.75. The maximum Gasteiger partial charge on any atom is 0.269 e. The fourth-order valence-corrected chi connectivity index (χ4v) is 4.04. The SMILES string of the molecule is N#Cc1ccc(N2C(=O)CC(N(Cc3ccccc3Cl)C(=O)c3ccc([N+](=O)[O-])cc3)C2=O)cc1. The van der Waals surface area contributed by atoms with E-state index in [0.29, 0.717) is 21.8 Å². The lowest BCUT2D eigenvalue weighted by Crippen LogP contribution is -2.45. The third kappa shape index (κ3) is 4.74. The van der Waals surface area contributed by atoms with Crippen LogP contribution in [0.5, 0.6) is 0 Å². The summed E-state index contributed by atoms with van der Waals surface area (Å²) in [5.74, 6) is -1.67. The Morgan fingerprint density at radius 3 is 2.34 bits per heavy atom. The van der Waals surface area contributed by atoms with Crippen molar-refractivity contribution in [1.29, 1.82) is 5.26 Å². The summed E-state index contributed by atoms with van der Waals surface area (Å²) in [6.45, 7) is -0.0552. The Kier molecular flexibility index (Phi) is 6.57. The van der Waals surface area contributed by atoms with Crippen molar-refractivity contribution in [2.24, 2.45) is 0 Å². The monoisotopic (exact) mass is 488 g/mol. The van der Waals surface area contributed by atoms with Gasteiger partial charge in [0.2, 0.25) is 5.91 Å². The van der Waals surface area contributed by atoms with Gasteiger partial charge < -0.3 is 4.90 Å². The van der Waals surface area contributed by atoms with Crippen LogP contribution in [0.1, 0.15) is 27.9 Å². The van der Waals surface area contributed by atoms with Crippen molar-refractivity contribution in [2.75, 3.05) is 4.90 Å². The molecule has 1 aliphatic heterocycles. The quantitative estimate of drug-likeness (QED) is 0.292. The predicted octanol–water partition coefficient (Wildman–Crippen LogP) is 4.09. The van der Waals surface area contributed by atoms with Gasteiger partial charge in [-0.15, -0.1) is 0 Å². The molecule has 3 aromatic carbocycles. The summed E-state index contributed by atoms with van der Waals surface area (Å²) in [6, 6.07) is 18.7. The highest BCUT2D eigenvalue weighted by Crippen LogP contribution is 2.29. The van der Waals surface area contributed by atoms with Crippen molar-refractivity contribution < 1.29 is 19.3 Å². The van der Waals surface area contributed by atoms with Crippen LogP contribution in [-0.4, -0.2) is 33.6 Å². The number of benzene rings is 3. The molecule has 1 fully saturated rings. The molecule has 10 heteroatoms. The molecule has 3 amide bonds. The van der Waals surface area contributed by atoms with E-state index in [1.54, 1.807) is 24.3 Å². The van der Waals surface area contributed by atoms with Crippen LogP contribution in [-0.2, 0) is 16.1 Å². The molecule has 35 heavy (non-hydrogen) atoms. The van der Waals surface area contributed by atoms with Crippen LogP contribution in [0.3, 0.4) is 0 Å². The minimum absolute atomic E-state index is 0.0552. The summed E-state index contributed by atoms with van der Waals surface area (Å²) < 4.78 is 0. The zero-order valence-electron chi connectivity index (χ0n) is 18.1. The molecule has 0 saturated carbocycles. The van der Waals surface area contributed by atoms with Crippen LogP contribution >= 0.6 is 11.6 Å². The molecule has 1 unspecified atom stereocenters. The van der Waals surface area contributed by atoms with Crippen molar-refractivity contribution in [3.05, 3.63) is 105 Å². The maximum atomic E-state index is 13.5. The Morgan fingerprint density at radius 1 is 1.09 bits per heavy atom. The zero-order chi connectivity index (χ0) is 25.1. The molecule has 0 aliphatic carbocycles. The molecule has 4 rings (SSSR count). The van der Waals surface area contributed by atoms with E-state index in [1.807, 2.05) is 6.07 Å². The number of anilines is 1. The highest BCUT2D eigenvalue weighted by atomic mass is 35.5. The lowest BCUT2D eigenvalue weighted by molar-refractivity contribution is -0.384. The normalized spacial score (nSPS) is 15.1. The highest BCUT2D eigenvalue weighted by molar-refractivity contribution is 6.31. The van der Waals surface area contributed by atoms with Crippen LogP contribution < -0.4 is 4.90 Å². The van der Waals surface area contributed by atoms with Crippen LogP contribution in [0.2, 0.25) is 5.02 Å². The Hall–Kier alpha value is -4.55. The van der Waals surface area contributed by atoms with E-state index in [2.05, 4.69) is 0 Å². The number of hydrogen-bond donors (Lipinski definition) is 0. The van der Waals surface area contributed by atoms with Gasteiger partial charge >= 0.3 is 0 Å². The van der Waals surface area contributed by atoms with Crippen molar-refractivity contribution >= 4 is 40.7 Å². The summed E-state index contributed by atoms with van der Waals surface area (Å²) in [5, 5.41) is 20.4. The van der Waals surface area contributed by atoms with Gasteiger partial charge in [-0.25, -0.2) is 4.90 Å². The number of nitrogens with zero attached hydrogens (tertiary/aromatic N) is 4. The van der Waals surface area contributed by atoms with Gasteiger partial charge in [-0.05, 0) is 48.0 Å². The standard InChI is InChI=1S/C25H17ClN4O5/c26-21-4-2-1-3-18(21)15-28(24(32)17-7-11-20(12-8-17)30(34)35)22-13-23(31)29(25(22)33)19-9-5-16(14-27)6-10-19/h1-12,22H,13,15H2. The number of carbonyl (C=O) groups is 3. The molecule has 1 heterocycles. The van der Waals surface area contributed by atoms with Gasteiger partial charge in [0.05, 0.1) is 28.7 Å². The van der Waals surface area contributed by atoms with Gasteiger partial charge in [-0.2, -0.15) is 5.26 Å². The van der Waals surface area contributed by atoms with E-state index in [1.165, 1.54) is 53.4 Å². The summed E-state index contributed by atoms with van der Waals surface area (Å²) in [6.07, 6.45) is -0.248. The van der Waals surface area contributed by atoms with E-state index in [0.717, 1.165) is 4.90 Å². The smallest absolute Gasteiger partial charge is 0.269 e. The lowest BCUT2D eigenvalue weighted by atomic mass is 10.1. The van der Waals surface area contributed by atoms with Crippen molar-refractivity contribution in [1.82, 2.24) is 4.90 Å². The zero-order valence-corrected chi connectivity index (χ0v) is 18.9. The van der Waals surface area contributed by atoms with E-state index in [9.17, 15) is 24.5 Å².